The number of anilines is 1. The zero-order valence-corrected chi connectivity index (χ0v) is 22.7. The van der Waals surface area contributed by atoms with Gasteiger partial charge in [0.15, 0.2) is 0 Å². The van der Waals surface area contributed by atoms with Crippen LogP contribution in [0.4, 0.5) is 18.9 Å². The summed E-state index contributed by atoms with van der Waals surface area (Å²) in [6.45, 7) is 0.191. The maximum Gasteiger partial charge on any atom is 0.573 e. The van der Waals surface area contributed by atoms with Crippen molar-refractivity contribution in [2.75, 3.05) is 4.90 Å². The Kier molecular flexibility index (Phi) is 9.89. The van der Waals surface area contributed by atoms with Crippen molar-refractivity contribution in [3.63, 3.8) is 0 Å². The first-order chi connectivity index (χ1) is 20.1. The van der Waals surface area contributed by atoms with Crippen molar-refractivity contribution in [3.05, 3.63) is 95.1 Å². The lowest BCUT2D eigenvalue weighted by molar-refractivity contribution is -0.274. The molecule has 1 aliphatic rings. The number of alkyl halides is 3. The number of rotatable bonds is 8. The lowest BCUT2D eigenvalue weighted by atomic mass is 9.84. The van der Waals surface area contributed by atoms with Crippen LogP contribution in [0.2, 0.25) is 0 Å². The van der Waals surface area contributed by atoms with Crippen molar-refractivity contribution in [3.8, 4) is 5.75 Å². The van der Waals surface area contributed by atoms with Crippen LogP contribution in [0, 0.1) is 5.53 Å². The normalized spacial score (nSPS) is 14.2. The van der Waals surface area contributed by atoms with E-state index >= 15 is 0 Å². The largest absolute Gasteiger partial charge is 0.573 e. The van der Waals surface area contributed by atoms with E-state index in [9.17, 15) is 22.8 Å². The number of ether oxygens (including phenoxy) is 1. The summed E-state index contributed by atoms with van der Waals surface area (Å²) in [5.74, 6) is 4.08. The second kappa shape index (κ2) is 13.7. The van der Waals surface area contributed by atoms with E-state index in [0.29, 0.717) is 17.2 Å². The monoisotopic (exact) mass is 580 g/mol. The molecule has 2 amide bonds. The second-order valence-corrected chi connectivity index (χ2v) is 9.99. The number of nitrogens with one attached hydrogen (secondary N) is 2. The van der Waals surface area contributed by atoms with Gasteiger partial charge < -0.3 is 15.5 Å². The van der Waals surface area contributed by atoms with Crippen LogP contribution in [0.15, 0.2) is 83.0 Å². The molecule has 0 spiro atoms. The summed E-state index contributed by atoms with van der Waals surface area (Å²) in [6, 6.07) is 19.7. The Morgan fingerprint density at radius 3 is 2.12 bits per heavy atom. The van der Waals surface area contributed by atoms with Crippen LogP contribution in [0.5, 0.6) is 5.75 Å². The number of nitrogens with zero attached hydrogens (tertiary/aromatic N) is 3. The van der Waals surface area contributed by atoms with Crippen LogP contribution in [0.3, 0.4) is 0 Å². The maximum absolute atomic E-state index is 13.6. The molecule has 4 N–H and O–H groups in total. The molecule has 0 heterocycles. The molecule has 0 unspecified atom stereocenters. The third-order valence-corrected chi connectivity index (χ3v) is 7.11. The minimum atomic E-state index is -4.80. The smallest absolute Gasteiger partial charge is 0.406 e. The molecule has 0 saturated heterocycles. The molecule has 0 bridgehead atoms. The van der Waals surface area contributed by atoms with Gasteiger partial charge in [-0.2, -0.15) is 0 Å². The molecule has 0 atom stereocenters. The lowest BCUT2D eigenvalue weighted by Gasteiger charge is -2.26. The van der Waals surface area contributed by atoms with Crippen LogP contribution < -0.4 is 20.8 Å². The van der Waals surface area contributed by atoms with Gasteiger partial charge in [-0.1, -0.05) is 55.7 Å². The minimum Gasteiger partial charge on any atom is -0.406 e. The highest BCUT2D eigenvalue weighted by Crippen LogP contribution is 2.34. The Hall–Kier alpha value is -4.74. The minimum absolute atomic E-state index is 0.0466. The third kappa shape index (κ3) is 8.38. The molecule has 1 saturated carbocycles. The van der Waals surface area contributed by atoms with E-state index in [0.717, 1.165) is 18.4 Å². The molecule has 4 rings (SSSR count). The van der Waals surface area contributed by atoms with E-state index in [4.69, 9.17) is 11.4 Å². The first-order valence-electron chi connectivity index (χ1n) is 13.5. The van der Waals surface area contributed by atoms with Crippen LogP contribution >= 0.6 is 0 Å². The molecule has 12 heteroatoms. The highest BCUT2D eigenvalue weighted by Gasteiger charge is 2.31. The van der Waals surface area contributed by atoms with E-state index in [-0.39, 0.29) is 36.1 Å². The molecule has 0 aromatic heterocycles. The van der Waals surface area contributed by atoms with Gasteiger partial charge in [0.05, 0.1) is 13.0 Å². The molecule has 0 aliphatic heterocycles. The number of guanidine groups is 1. The van der Waals surface area contributed by atoms with Crippen LogP contribution in [0.1, 0.15) is 65.1 Å². The van der Waals surface area contributed by atoms with E-state index < -0.39 is 12.3 Å². The summed E-state index contributed by atoms with van der Waals surface area (Å²) in [4.78, 5) is 27.6. The Bertz CT molecular complexity index is 1400. The maximum atomic E-state index is 13.6. The van der Waals surface area contributed by atoms with Gasteiger partial charge in [-0.3, -0.25) is 14.9 Å². The first kappa shape index (κ1) is 30.2. The summed E-state index contributed by atoms with van der Waals surface area (Å²) in [5.41, 5.74) is 10.4. The molecule has 3 aromatic rings. The van der Waals surface area contributed by atoms with Gasteiger partial charge in [-0.25, -0.2) is 5.53 Å². The Morgan fingerprint density at radius 2 is 1.55 bits per heavy atom. The second-order valence-electron chi connectivity index (χ2n) is 9.99. The summed E-state index contributed by atoms with van der Waals surface area (Å²) < 4.78 is 41.5. The van der Waals surface area contributed by atoms with Crippen molar-refractivity contribution >= 4 is 23.5 Å². The number of amides is 2. The average molecular weight is 581 g/mol. The molecule has 1 fully saturated rings. The Labute approximate surface area is 241 Å². The fourth-order valence-electron chi connectivity index (χ4n) is 4.97. The van der Waals surface area contributed by atoms with Crippen molar-refractivity contribution in [2.24, 2.45) is 16.1 Å². The van der Waals surface area contributed by atoms with Gasteiger partial charge >= 0.3 is 6.36 Å². The molecule has 220 valence electrons. The molecule has 42 heavy (non-hydrogen) atoms. The number of hydrogen-bond acceptors (Lipinski definition) is 6. The first-order valence-corrected chi connectivity index (χ1v) is 13.5. The number of hydrazone groups is 1. The van der Waals surface area contributed by atoms with Gasteiger partial charge in [-0.15, -0.1) is 23.4 Å². The highest BCUT2D eigenvalue weighted by molar-refractivity contribution is 6.05. The van der Waals surface area contributed by atoms with E-state index in [1.165, 1.54) is 49.1 Å². The zero-order chi connectivity index (χ0) is 30.1. The Morgan fingerprint density at radius 1 is 0.929 bits per heavy atom. The van der Waals surface area contributed by atoms with E-state index in [1.807, 2.05) is 12.1 Å². The molecular formula is C30H31F3N6O3. The van der Waals surface area contributed by atoms with Crippen LogP contribution in [-0.2, 0) is 17.8 Å². The number of hydrogen-bond donors (Lipinski definition) is 3. The van der Waals surface area contributed by atoms with E-state index in [2.05, 4.69) is 32.4 Å². The van der Waals surface area contributed by atoms with Crippen molar-refractivity contribution in [1.29, 1.82) is 5.53 Å². The van der Waals surface area contributed by atoms with Gasteiger partial charge in [0.25, 0.3) is 11.9 Å². The van der Waals surface area contributed by atoms with Gasteiger partial charge in [0.2, 0.25) is 5.91 Å². The van der Waals surface area contributed by atoms with Crippen LogP contribution in [0.25, 0.3) is 0 Å². The van der Waals surface area contributed by atoms with Crippen LogP contribution in [-0.4, -0.2) is 24.1 Å². The summed E-state index contributed by atoms with van der Waals surface area (Å²) in [5, 5.41) is 8.53. The molecule has 3 aromatic carbocycles. The van der Waals surface area contributed by atoms with Crippen molar-refractivity contribution in [1.82, 2.24) is 5.32 Å². The third-order valence-electron chi connectivity index (χ3n) is 7.11. The molecule has 0 radical (unpaired) electrons. The molecule has 1 aliphatic carbocycles. The predicted molar refractivity (Wildman–Crippen MR) is 151 cm³/mol. The number of nitrogens with two attached hydrogens (primary N) is 1. The number of carbonyl (C=O) groups excluding carboxylic acids is 2. The van der Waals surface area contributed by atoms with Crippen molar-refractivity contribution < 1.29 is 27.5 Å². The number of carbonyl (C=O) groups is 2. The standard InChI is InChI=1S/C30H31F3N6O3/c31-30(32,33)42-26-16-8-20(9-17-26)18-27(40)39(25-14-12-23(13-15-25)22-4-2-1-3-5-22)19-21-6-10-24(11-7-21)28(41)36-29(37-34)38-35/h6-17,22,34H,1-5,18-19,35H2,(H,36,38,41). The fraction of sp³-hybridized carbons (Fsp3) is 0.300. The predicted octanol–water partition coefficient (Wildman–Crippen LogP) is 6.40. The zero-order valence-electron chi connectivity index (χ0n) is 22.7. The van der Waals surface area contributed by atoms with Gasteiger partial charge in [0.1, 0.15) is 5.75 Å². The SMILES string of the molecule is N=N/C(=N\N)NC(=O)c1ccc(CN(C(=O)Cc2ccc(OC(F)(F)F)cc2)c2ccc(C3CCCCC3)cc2)cc1. The fourth-order valence-corrected chi connectivity index (χ4v) is 4.97. The lowest BCUT2D eigenvalue weighted by Crippen LogP contribution is -2.32. The quantitative estimate of drug-likeness (QED) is 0.0935. The van der Waals surface area contributed by atoms with E-state index in [1.54, 1.807) is 29.2 Å². The van der Waals surface area contributed by atoms with Gasteiger partial charge in [0, 0.05) is 11.3 Å². The summed E-state index contributed by atoms with van der Waals surface area (Å²) >= 11 is 0. The summed E-state index contributed by atoms with van der Waals surface area (Å²) in [6.07, 6.45) is 1.10. The van der Waals surface area contributed by atoms with Gasteiger partial charge in [-0.05, 0) is 71.8 Å². The number of benzene rings is 3. The number of halogens is 3. The van der Waals surface area contributed by atoms with Crippen molar-refractivity contribution in [2.45, 2.75) is 57.3 Å². The average Bonchev–Trinajstić information content (AvgIpc) is 2.99. The Balaban J connectivity index is 1.53. The summed E-state index contributed by atoms with van der Waals surface area (Å²) in [7, 11) is 0. The topological polar surface area (TPSA) is 133 Å². The molecule has 9 nitrogen and oxygen atoms in total. The molecular weight excluding hydrogens is 549 g/mol. The highest BCUT2D eigenvalue weighted by atomic mass is 19.4.